The number of hydrogen-bond acceptors (Lipinski definition) is 6. The number of tetrazole rings is 1. The highest BCUT2D eigenvalue weighted by Gasteiger charge is 2.31. The maximum Gasteiger partial charge on any atom is 0.173 e. The summed E-state index contributed by atoms with van der Waals surface area (Å²) in [7, 11) is 1.66. The van der Waals surface area contributed by atoms with Gasteiger partial charge in [0.05, 0.1) is 19.2 Å². The average molecular weight is 425 g/mol. The van der Waals surface area contributed by atoms with E-state index in [0.29, 0.717) is 13.2 Å². The number of methoxy groups -OCH3 is 1. The number of halogens is 1. The lowest BCUT2D eigenvalue weighted by Crippen LogP contribution is -2.48. The predicted octanol–water partition coefficient (Wildman–Crippen LogP) is 2.99. The van der Waals surface area contributed by atoms with Crippen LogP contribution in [0.25, 0.3) is 0 Å². The lowest BCUT2D eigenvalue weighted by atomic mass is 10.0. The van der Waals surface area contributed by atoms with E-state index in [1.807, 2.05) is 12.1 Å². The van der Waals surface area contributed by atoms with Gasteiger partial charge in [0.15, 0.2) is 5.82 Å². The van der Waals surface area contributed by atoms with Crippen LogP contribution in [-0.2, 0) is 11.3 Å². The molecule has 0 bridgehead atoms. The summed E-state index contributed by atoms with van der Waals surface area (Å²) in [5, 5.41) is 12.4. The van der Waals surface area contributed by atoms with Gasteiger partial charge in [0.2, 0.25) is 0 Å². The number of aromatic nitrogens is 4. The monoisotopic (exact) mass is 424 g/mol. The zero-order chi connectivity index (χ0) is 21.8. The first kappa shape index (κ1) is 21.4. The second kappa shape index (κ2) is 9.53. The Morgan fingerprint density at radius 1 is 1.03 bits per heavy atom. The normalized spacial score (nSPS) is 15.9. The molecule has 164 valence electrons. The van der Waals surface area contributed by atoms with Gasteiger partial charge in [-0.15, -0.1) is 5.10 Å². The highest BCUT2D eigenvalue weighted by atomic mass is 19.1. The number of nitrogens with zero attached hydrogens (tertiary/aromatic N) is 6. The van der Waals surface area contributed by atoms with Crippen LogP contribution in [0, 0.1) is 19.7 Å². The number of benzene rings is 2. The van der Waals surface area contributed by atoms with Crippen molar-refractivity contribution in [3.8, 4) is 0 Å². The molecular weight excluding hydrogens is 395 g/mol. The molecule has 0 amide bonds. The summed E-state index contributed by atoms with van der Waals surface area (Å²) in [6.45, 7) is 8.89. The van der Waals surface area contributed by atoms with Crippen LogP contribution in [0.4, 0.5) is 10.1 Å². The van der Waals surface area contributed by atoms with Gasteiger partial charge in [-0.25, -0.2) is 9.07 Å². The SMILES string of the molecule is COCCn1nnnc1C(c1ccc(F)cc1)N1CCN(c2cc(C)ccc2C)CC1. The van der Waals surface area contributed by atoms with Crippen molar-refractivity contribution in [2.24, 2.45) is 0 Å². The van der Waals surface area contributed by atoms with Gasteiger partial charge in [-0.2, -0.15) is 0 Å². The van der Waals surface area contributed by atoms with Crippen LogP contribution in [0.3, 0.4) is 0 Å². The number of hydrogen-bond donors (Lipinski definition) is 0. The van der Waals surface area contributed by atoms with Crippen molar-refractivity contribution in [3.05, 3.63) is 70.8 Å². The molecule has 1 aliphatic rings. The van der Waals surface area contributed by atoms with Crippen molar-refractivity contribution in [3.63, 3.8) is 0 Å². The Hall–Kier alpha value is -2.84. The molecule has 3 aromatic rings. The van der Waals surface area contributed by atoms with E-state index >= 15 is 0 Å². The van der Waals surface area contributed by atoms with Crippen molar-refractivity contribution in [1.82, 2.24) is 25.1 Å². The van der Waals surface area contributed by atoms with E-state index in [1.165, 1.54) is 28.9 Å². The standard InChI is InChI=1S/C23H29FN6O/c1-17-4-5-18(2)21(16-17)28-10-12-29(13-11-28)22(19-6-8-20(24)9-7-19)23-25-26-27-30(23)14-15-31-3/h4-9,16,22H,10-15H2,1-3H3. The maximum atomic E-state index is 13.6. The average Bonchev–Trinajstić information content (AvgIpc) is 3.24. The van der Waals surface area contributed by atoms with E-state index in [4.69, 9.17) is 4.74 Å². The Balaban J connectivity index is 1.59. The summed E-state index contributed by atoms with van der Waals surface area (Å²) in [4.78, 5) is 4.82. The molecule has 0 N–H and O–H groups in total. The van der Waals surface area contributed by atoms with Gasteiger partial charge in [0, 0.05) is 39.0 Å². The zero-order valence-electron chi connectivity index (χ0n) is 18.3. The van der Waals surface area contributed by atoms with Crippen molar-refractivity contribution in [2.45, 2.75) is 26.4 Å². The molecule has 1 fully saturated rings. The summed E-state index contributed by atoms with van der Waals surface area (Å²) in [5.41, 5.74) is 4.83. The van der Waals surface area contributed by atoms with Crippen LogP contribution in [0.2, 0.25) is 0 Å². The highest BCUT2D eigenvalue weighted by Crippen LogP contribution is 2.30. The van der Waals surface area contributed by atoms with Gasteiger partial charge in [-0.05, 0) is 59.2 Å². The molecule has 7 nitrogen and oxygen atoms in total. The number of ether oxygens (including phenoxy) is 1. The first-order valence-electron chi connectivity index (χ1n) is 10.6. The summed E-state index contributed by atoms with van der Waals surface area (Å²) in [6.07, 6.45) is 0. The second-order valence-corrected chi connectivity index (χ2v) is 8.02. The number of anilines is 1. The Kier molecular flexibility index (Phi) is 6.58. The predicted molar refractivity (Wildman–Crippen MR) is 118 cm³/mol. The van der Waals surface area contributed by atoms with Gasteiger partial charge < -0.3 is 9.64 Å². The van der Waals surface area contributed by atoms with Crippen LogP contribution in [-0.4, -0.2) is 65.0 Å². The Bertz CT molecular complexity index is 998. The largest absolute Gasteiger partial charge is 0.383 e. The van der Waals surface area contributed by atoms with Gasteiger partial charge in [0.1, 0.15) is 5.82 Å². The first-order valence-corrected chi connectivity index (χ1v) is 10.6. The third-order valence-corrected chi connectivity index (χ3v) is 5.88. The van der Waals surface area contributed by atoms with Crippen LogP contribution in [0.5, 0.6) is 0 Å². The van der Waals surface area contributed by atoms with E-state index in [-0.39, 0.29) is 11.9 Å². The highest BCUT2D eigenvalue weighted by molar-refractivity contribution is 5.55. The minimum Gasteiger partial charge on any atom is -0.383 e. The van der Waals surface area contributed by atoms with Gasteiger partial charge in [-0.1, -0.05) is 24.3 Å². The van der Waals surface area contributed by atoms with E-state index in [0.717, 1.165) is 37.6 Å². The summed E-state index contributed by atoms with van der Waals surface area (Å²) in [5.74, 6) is 0.505. The molecule has 1 aromatic heterocycles. The van der Waals surface area contributed by atoms with Crippen LogP contribution < -0.4 is 4.90 Å². The third-order valence-electron chi connectivity index (χ3n) is 5.88. The van der Waals surface area contributed by atoms with Crippen LogP contribution >= 0.6 is 0 Å². The molecule has 0 spiro atoms. The fourth-order valence-corrected chi connectivity index (χ4v) is 4.19. The van der Waals surface area contributed by atoms with Crippen molar-refractivity contribution in [2.75, 3.05) is 44.8 Å². The zero-order valence-corrected chi connectivity index (χ0v) is 18.3. The molecule has 0 saturated carbocycles. The van der Waals surface area contributed by atoms with Crippen molar-refractivity contribution in [1.29, 1.82) is 0 Å². The molecule has 31 heavy (non-hydrogen) atoms. The number of rotatable bonds is 7. The lowest BCUT2D eigenvalue weighted by molar-refractivity contribution is 0.171. The van der Waals surface area contributed by atoms with Crippen LogP contribution in [0.15, 0.2) is 42.5 Å². The molecular formula is C23H29FN6O. The fraction of sp³-hybridized carbons (Fsp3) is 0.435. The van der Waals surface area contributed by atoms with Gasteiger partial charge in [0.25, 0.3) is 0 Å². The smallest absolute Gasteiger partial charge is 0.173 e. The van der Waals surface area contributed by atoms with Gasteiger partial charge in [-0.3, -0.25) is 4.90 Å². The Morgan fingerprint density at radius 2 is 1.77 bits per heavy atom. The molecule has 2 heterocycles. The molecule has 4 rings (SSSR count). The molecule has 1 atom stereocenters. The van der Waals surface area contributed by atoms with E-state index in [1.54, 1.807) is 11.8 Å². The minimum absolute atomic E-state index is 0.145. The van der Waals surface area contributed by atoms with Crippen LogP contribution in [0.1, 0.15) is 28.6 Å². The lowest BCUT2D eigenvalue weighted by Gasteiger charge is -2.40. The minimum atomic E-state index is -0.249. The van der Waals surface area contributed by atoms with Crippen molar-refractivity contribution < 1.29 is 9.13 Å². The van der Waals surface area contributed by atoms with E-state index in [2.05, 4.69) is 57.4 Å². The Labute approximate surface area is 182 Å². The molecule has 1 aliphatic heterocycles. The molecule has 1 unspecified atom stereocenters. The maximum absolute atomic E-state index is 13.6. The first-order chi connectivity index (χ1) is 15.1. The van der Waals surface area contributed by atoms with E-state index in [9.17, 15) is 4.39 Å². The fourth-order valence-electron chi connectivity index (χ4n) is 4.19. The quantitative estimate of drug-likeness (QED) is 0.581. The molecule has 0 radical (unpaired) electrons. The van der Waals surface area contributed by atoms with E-state index < -0.39 is 0 Å². The number of aryl methyl sites for hydroxylation is 2. The molecule has 0 aliphatic carbocycles. The molecule has 2 aromatic carbocycles. The molecule has 1 saturated heterocycles. The number of piperazine rings is 1. The van der Waals surface area contributed by atoms with Crippen molar-refractivity contribution >= 4 is 5.69 Å². The summed E-state index contributed by atoms with van der Waals surface area (Å²) in [6, 6.07) is 13.1. The van der Waals surface area contributed by atoms with Gasteiger partial charge >= 0.3 is 0 Å². The topological polar surface area (TPSA) is 59.3 Å². The summed E-state index contributed by atoms with van der Waals surface area (Å²) < 4.78 is 20.6. The Morgan fingerprint density at radius 3 is 2.48 bits per heavy atom. The molecule has 8 heteroatoms. The third kappa shape index (κ3) is 4.75. The second-order valence-electron chi connectivity index (χ2n) is 8.02. The summed E-state index contributed by atoms with van der Waals surface area (Å²) >= 11 is 0.